The van der Waals surface area contributed by atoms with Gasteiger partial charge in [-0.1, -0.05) is 13.8 Å². The van der Waals surface area contributed by atoms with E-state index >= 15 is 0 Å². The van der Waals surface area contributed by atoms with Crippen molar-refractivity contribution in [1.29, 1.82) is 0 Å². The first-order valence-corrected chi connectivity index (χ1v) is 7.49. The Morgan fingerprint density at radius 1 is 1.43 bits per heavy atom. The number of phenolic OH excluding ortho intramolecular Hbond substituents is 1. The highest BCUT2D eigenvalue weighted by atomic mass is 16.4. The van der Waals surface area contributed by atoms with E-state index in [1.165, 1.54) is 6.07 Å². The van der Waals surface area contributed by atoms with Crippen LogP contribution in [0.5, 0.6) is 5.75 Å². The fraction of sp³-hybridized carbons (Fsp3) is 0.529. The van der Waals surface area contributed by atoms with Gasteiger partial charge >= 0.3 is 5.97 Å². The standard InChI is InChI=1S/C17H22O4/c1-10(4-3-7-18)13-6-5-11(2)16-14(13)8-12(17(20)21)9-15(16)19/h7-11,13,19H,3-6H2,1-2H3,(H,20,21). The summed E-state index contributed by atoms with van der Waals surface area (Å²) in [5.74, 6) is -0.195. The molecule has 0 aliphatic heterocycles. The van der Waals surface area contributed by atoms with Gasteiger partial charge in [0.25, 0.3) is 0 Å². The fourth-order valence-corrected chi connectivity index (χ4v) is 3.48. The molecule has 3 atom stereocenters. The largest absolute Gasteiger partial charge is 0.508 e. The zero-order valence-corrected chi connectivity index (χ0v) is 12.5. The van der Waals surface area contributed by atoms with E-state index in [0.29, 0.717) is 12.3 Å². The van der Waals surface area contributed by atoms with Crippen LogP contribution in [0.25, 0.3) is 0 Å². The number of phenols is 1. The molecule has 1 aliphatic rings. The van der Waals surface area contributed by atoms with Crippen molar-refractivity contribution in [2.45, 2.75) is 51.4 Å². The van der Waals surface area contributed by atoms with Gasteiger partial charge in [-0.15, -0.1) is 0 Å². The maximum Gasteiger partial charge on any atom is 0.335 e. The topological polar surface area (TPSA) is 74.6 Å². The second-order valence-corrected chi connectivity index (χ2v) is 6.11. The van der Waals surface area contributed by atoms with Crippen LogP contribution in [0.1, 0.15) is 72.9 Å². The number of aldehydes is 1. The Hall–Kier alpha value is -1.84. The zero-order valence-electron chi connectivity index (χ0n) is 12.5. The summed E-state index contributed by atoms with van der Waals surface area (Å²) in [4.78, 5) is 21.8. The molecule has 0 amide bonds. The third-order valence-electron chi connectivity index (χ3n) is 4.67. The molecule has 3 unspecified atom stereocenters. The van der Waals surface area contributed by atoms with E-state index < -0.39 is 5.97 Å². The van der Waals surface area contributed by atoms with Crippen LogP contribution in [-0.4, -0.2) is 22.5 Å². The molecule has 0 spiro atoms. The first-order valence-electron chi connectivity index (χ1n) is 7.49. The van der Waals surface area contributed by atoms with Gasteiger partial charge in [-0.3, -0.25) is 0 Å². The normalized spacial score (nSPS) is 22.4. The molecule has 21 heavy (non-hydrogen) atoms. The number of fused-ring (bicyclic) bond motifs is 1. The van der Waals surface area contributed by atoms with Crippen molar-refractivity contribution in [3.8, 4) is 5.75 Å². The second-order valence-electron chi connectivity index (χ2n) is 6.11. The van der Waals surface area contributed by atoms with E-state index in [2.05, 4.69) is 13.8 Å². The van der Waals surface area contributed by atoms with E-state index in [1.807, 2.05) is 0 Å². The first kappa shape index (κ1) is 15.5. The quantitative estimate of drug-likeness (QED) is 0.811. The number of carboxylic acids is 1. The average molecular weight is 290 g/mol. The molecule has 4 nitrogen and oxygen atoms in total. The Bertz CT molecular complexity index is 550. The third-order valence-corrected chi connectivity index (χ3v) is 4.67. The number of hydrogen-bond acceptors (Lipinski definition) is 3. The van der Waals surface area contributed by atoms with Gasteiger partial charge in [-0.2, -0.15) is 0 Å². The lowest BCUT2D eigenvalue weighted by molar-refractivity contribution is -0.108. The average Bonchev–Trinajstić information content (AvgIpc) is 2.44. The van der Waals surface area contributed by atoms with Crippen molar-refractivity contribution < 1.29 is 19.8 Å². The smallest absolute Gasteiger partial charge is 0.335 e. The van der Waals surface area contributed by atoms with Gasteiger partial charge in [0.05, 0.1) is 5.56 Å². The number of aromatic hydroxyl groups is 1. The number of benzene rings is 1. The number of carbonyl (C=O) groups excluding carboxylic acids is 1. The number of aromatic carboxylic acids is 1. The van der Waals surface area contributed by atoms with E-state index in [-0.39, 0.29) is 23.1 Å². The minimum absolute atomic E-state index is 0.0877. The molecule has 0 saturated carbocycles. The summed E-state index contributed by atoms with van der Waals surface area (Å²) in [5.41, 5.74) is 1.96. The maximum atomic E-state index is 11.2. The second kappa shape index (κ2) is 6.29. The van der Waals surface area contributed by atoms with Crippen molar-refractivity contribution in [2.24, 2.45) is 5.92 Å². The minimum Gasteiger partial charge on any atom is -0.508 e. The van der Waals surface area contributed by atoms with Gasteiger partial charge in [-0.05, 0) is 54.7 Å². The molecule has 1 aromatic carbocycles. The lowest BCUT2D eigenvalue weighted by atomic mass is 9.71. The Labute approximate surface area is 124 Å². The van der Waals surface area contributed by atoms with Crippen molar-refractivity contribution in [3.05, 3.63) is 28.8 Å². The highest BCUT2D eigenvalue weighted by Gasteiger charge is 2.31. The number of carbonyl (C=O) groups is 2. The highest BCUT2D eigenvalue weighted by molar-refractivity contribution is 5.88. The minimum atomic E-state index is -1.02. The predicted molar refractivity (Wildman–Crippen MR) is 79.9 cm³/mol. The lowest BCUT2D eigenvalue weighted by Crippen LogP contribution is -2.20. The van der Waals surface area contributed by atoms with E-state index in [1.54, 1.807) is 6.07 Å². The van der Waals surface area contributed by atoms with Gasteiger partial charge in [0.15, 0.2) is 0 Å². The van der Waals surface area contributed by atoms with Crippen LogP contribution in [0.3, 0.4) is 0 Å². The van der Waals surface area contributed by atoms with Crippen molar-refractivity contribution in [3.63, 3.8) is 0 Å². The number of rotatable bonds is 5. The molecule has 1 aromatic rings. The van der Waals surface area contributed by atoms with Crippen molar-refractivity contribution in [2.75, 3.05) is 0 Å². The Kier molecular flexibility index (Phi) is 4.66. The molecule has 0 radical (unpaired) electrons. The van der Waals surface area contributed by atoms with E-state index in [4.69, 9.17) is 0 Å². The van der Waals surface area contributed by atoms with Gasteiger partial charge in [0.1, 0.15) is 12.0 Å². The molecular weight excluding hydrogens is 268 g/mol. The molecule has 0 bridgehead atoms. The van der Waals surface area contributed by atoms with Crippen LogP contribution in [0, 0.1) is 5.92 Å². The van der Waals surface area contributed by atoms with Crippen molar-refractivity contribution in [1.82, 2.24) is 0 Å². The van der Waals surface area contributed by atoms with Gasteiger partial charge in [0.2, 0.25) is 0 Å². The third kappa shape index (κ3) is 3.09. The summed E-state index contributed by atoms with van der Waals surface area (Å²) in [6.07, 6.45) is 4.18. The van der Waals surface area contributed by atoms with Crippen LogP contribution in [0.4, 0.5) is 0 Å². The van der Waals surface area contributed by atoms with E-state index in [9.17, 15) is 19.8 Å². The Morgan fingerprint density at radius 3 is 2.76 bits per heavy atom. The molecule has 0 aromatic heterocycles. The van der Waals surface area contributed by atoms with E-state index in [0.717, 1.165) is 36.7 Å². The van der Waals surface area contributed by atoms with Gasteiger partial charge < -0.3 is 15.0 Å². The molecule has 114 valence electrons. The highest BCUT2D eigenvalue weighted by Crippen LogP contribution is 2.47. The van der Waals surface area contributed by atoms with Gasteiger partial charge in [-0.25, -0.2) is 4.79 Å². The maximum absolute atomic E-state index is 11.2. The Balaban J connectivity index is 2.44. The summed E-state index contributed by atoms with van der Waals surface area (Å²) in [5, 5.41) is 19.4. The Morgan fingerprint density at radius 2 is 2.14 bits per heavy atom. The zero-order chi connectivity index (χ0) is 15.6. The van der Waals surface area contributed by atoms with Crippen LogP contribution >= 0.6 is 0 Å². The predicted octanol–water partition coefficient (Wildman–Crippen LogP) is 3.69. The summed E-state index contributed by atoms with van der Waals surface area (Å²) < 4.78 is 0. The van der Waals surface area contributed by atoms with Crippen LogP contribution < -0.4 is 0 Å². The van der Waals surface area contributed by atoms with Crippen LogP contribution in [0.15, 0.2) is 12.1 Å². The van der Waals surface area contributed by atoms with Gasteiger partial charge in [0, 0.05) is 12.0 Å². The summed E-state index contributed by atoms with van der Waals surface area (Å²) in [6, 6.07) is 3.05. The first-order chi connectivity index (χ1) is 9.95. The summed E-state index contributed by atoms with van der Waals surface area (Å²) in [6.45, 7) is 4.16. The monoisotopic (exact) mass is 290 g/mol. The molecule has 2 rings (SSSR count). The fourth-order valence-electron chi connectivity index (χ4n) is 3.48. The molecule has 4 heteroatoms. The molecule has 0 heterocycles. The molecule has 2 N–H and O–H groups in total. The summed E-state index contributed by atoms with van der Waals surface area (Å²) >= 11 is 0. The number of hydrogen-bond donors (Lipinski definition) is 2. The number of carboxylic acid groups (broad SMARTS) is 1. The molecule has 0 fully saturated rings. The molecule has 0 saturated heterocycles. The SMILES string of the molecule is CC1CCC(C(C)CCC=O)c2cc(C(=O)O)cc(O)c21. The van der Waals surface area contributed by atoms with Crippen molar-refractivity contribution >= 4 is 12.3 Å². The lowest BCUT2D eigenvalue weighted by Gasteiger charge is -2.34. The van der Waals surface area contributed by atoms with Crippen LogP contribution in [0.2, 0.25) is 0 Å². The molecular formula is C17H22O4. The molecule has 1 aliphatic carbocycles. The summed E-state index contributed by atoms with van der Waals surface area (Å²) in [7, 11) is 0. The van der Waals surface area contributed by atoms with Crippen LogP contribution in [-0.2, 0) is 4.79 Å².